The average molecular weight is 632 g/mol. The van der Waals surface area contributed by atoms with Crippen LogP contribution in [0.15, 0.2) is 34.4 Å². The van der Waals surface area contributed by atoms with Crippen LogP contribution in [0.2, 0.25) is 0 Å². The number of thioether (sulfide) groups is 1. The summed E-state index contributed by atoms with van der Waals surface area (Å²) >= 11 is 2.81. The summed E-state index contributed by atoms with van der Waals surface area (Å²) in [5.41, 5.74) is 1.20. The molecular weight excluding hydrogens is 599 g/mol. The van der Waals surface area contributed by atoms with Crippen LogP contribution in [-0.2, 0) is 4.79 Å². The molecular formula is C28H32F3N9OS2. The van der Waals surface area contributed by atoms with E-state index in [1.807, 2.05) is 28.9 Å². The van der Waals surface area contributed by atoms with Crippen molar-refractivity contribution in [3.63, 3.8) is 0 Å². The minimum absolute atomic E-state index is 0.0540. The lowest BCUT2D eigenvalue weighted by Crippen LogP contribution is -2.60. The molecule has 228 valence electrons. The Balaban J connectivity index is 1.16. The molecule has 2 fully saturated rings. The van der Waals surface area contributed by atoms with E-state index in [4.69, 9.17) is 15.1 Å². The highest BCUT2D eigenvalue weighted by atomic mass is 32.2. The first kappa shape index (κ1) is 29.7. The third-order valence-corrected chi connectivity index (χ3v) is 10.3. The normalized spacial score (nSPS) is 24.4. The molecule has 1 aromatic heterocycles. The van der Waals surface area contributed by atoms with E-state index in [9.17, 15) is 23.2 Å². The monoisotopic (exact) mass is 631 g/mol. The SMILES string of the molecule is CCC1N=C2SC(N3CCCC(N(C)CC(=O)N4CC(F)(F)C4)C3)=NN2C1N(C)c1nc(-c2ccc(F)cc2)c(C#N)s1. The molecule has 3 atom stereocenters. The number of hydrogen-bond donors (Lipinski definition) is 0. The number of nitriles is 1. The number of aliphatic imine (C=N–C) groups is 1. The van der Waals surface area contributed by atoms with Crippen LogP contribution in [0.4, 0.5) is 18.3 Å². The van der Waals surface area contributed by atoms with E-state index < -0.39 is 19.0 Å². The quantitative estimate of drug-likeness (QED) is 0.454. The Hall–Kier alpha value is -3.35. The number of hydrazone groups is 1. The number of alkyl halides is 2. The van der Waals surface area contributed by atoms with Gasteiger partial charge in [0.25, 0.3) is 5.92 Å². The Morgan fingerprint density at radius 3 is 2.63 bits per heavy atom. The molecule has 0 aliphatic carbocycles. The molecule has 0 saturated carbocycles. The van der Waals surface area contributed by atoms with Crippen molar-refractivity contribution < 1.29 is 18.0 Å². The number of nitrogens with zero attached hydrogens (tertiary/aromatic N) is 9. The van der Waals surface area contributed by atoms with Crippen molar-refractivity contribution in [1.29, 1.82) is 5.26 Å². The predicted octanol–water partition coefficient (Wildman–Crippen LogP) is 3.92. The molecule has 43 heavy (non-hydrogen) atoms. The molecule has 4 aliphatic heterocycles. The van der Waals surface area contributed by atoms with Gasteiger partial charge in [-0.3, -0.25) is 14.7 Å². The lowest BCUT2D eigenvalue weighted by Gasteiger charge is -2.41. The van der Waals surface area contributed by atoms with Crippen LogP contribution in [0.1, 0.15) is 31.1 Å². The Labute approximate surface area is 256 Å². The molecule has 1 aromatic carbocycles. The van der Waals surface area contributed by atoms with E-state index in [1.165, 1.54) is 40.1 Å². The number of aromatic nitrogens is 1. The van der Waals surface area contributed by atoms with Crippen LogP contribution in [0.5, 0.6) is 0 Å². The van der Waals surface area contributed by atoms with Gasteiger partial charge in [-0.15, -0.1) is 5.10 Å². The highest BCUT2D eigenvalue weighted by Gasteiger charge is 2.47. The van der Waals surface area contributed by atoms with Crippen LogP contribution < -0.4 is 4.90 Å². The summed E-state index contributed by atoms with van der Waals surface area (Å²) in [6.45, 7) is 2.68. The van der Waals surface area contributed by atoms with Crippen LogP contribution in [0, 0.1) is 17.1 Å². The zero-order valence-corrected chi connectivity index (χ0v) is 25.7. The minimum atomic E-state index is -2.77. The van der Waals surface area contributed by atoms with Crippen molar-refractivity contribution in [2.45, 2.75) is 50.4 Å². The number of likely N-dealkylation sites (tertiary alicyclic amines) is 2. The van der Waals surface area contributed by atoms with Gasteiger partial charge in [-0.05, 0) is 62.3 Å². The van der Waals surface area contributed by atoms with Crippen LogP contribution in [0.3, 0.4) is 0 Å². The summed E-state index contributed by atoms with van der Waals surface area (Å²) in [6.07, 6.45) is 2.37. The van der Waals surface area contributed by atoms with Crippen molar-refractivity contribution in [2.75, 3.05) is 51.7 Å². The van der Waals surface area contributed by atoms with E-state index >= 15 is 0 Å². The van der Waals surface area contributed by atoms with Gasteiger partial charge in [-0.1, -0.05) is 18.3 Å². The standard InChI is InChI=1S/C28H32F3N9OS2/c1-4-20-24(37(3)25-34-23(21(12-32)42-25)17-7-9-18(29)10-8-17)40-26(33-20)43-27(35-40)38-11-5-6-19(13-38)36(2)14-22(41)39-15-28(30,31)16-39/h7-10,19-20,24H,4-6,11,13-16H2,1-3H3. The predicted molar refractivity (Wildman–Crippen MR) is 162 cm³/mol. The van der Waals surface area contributed by atoms with E-state index in [0.29, 0.717) is 27.8 Å². The second kappa shape index (κ2) is 11.6. The maximum atomic E-state index is 13.5. The largest absolute Gasteiger partial charge is 0.348 e. The van der Waals surface area contributed by atoms with E-state index in [1.54, 1.807) is 12.1 Å². The molecule has 2 saturated heterocycles. The number of piperidine rings is 1. The summed E-state index contributed by atoms with van der Waals surface area (Å²) < 4.78 is 40.0. The first-order valence-electron chi connectivity index (χ1n) is 14.2. The first-order valence-corrected chi connectivity index (χ1v) is 15.8. The van der Waals surface area contributed by atoms with Gasteiger partial charge in [0.15, 0.2) is 15.5 Å². The number of amides is 1. The van der Waals surface area contributed by atoms with Crippen molar-refractivity contribution in [2.24, 2.45) is 10.1 Å². The second-order valence-corrected chi connectivity index (χ2v) is 13.2. The van der Waals surface area contributed by atoms with Gasteiger partial charge in [0.1, 0.15) is 28.6 Å². The minimum Gasteiger partial charge on any atom is -0.348 e. The van der Waals surface area contributed by atoms with Crippen molar-refractivity contribution >= 4 is 44.5 Å². The molecule has 10 nitrogen and oxygen atoms in total. The van der Waals surface area contributed by atoms with Gasteiger partial charge >= 0.3 is 0 Å². The van der Waals surface area contributed by atoms with E-state index in [-0.39, 0.29) is 36.5 Å². The Morgan fingerprint density at radius 2 is 1.95 bits per heavy atom. The molecule has 0 N–H and O–H groups in total. The van der Waals surface area contributed by atoms with Gasteiger partial charge in [-0.25, -0.2) is 23.2 Å². The highest BCUT2D eigenvalue weighted by molar-refractivity contribution is 8.26. The maximum absolute atomic E-state index is 13.5. The third-order valence-electron chi connectivity index (χ3n) is 8.27. The summed E-state index contributed by atoms with van der Waals surface area (Å²) in [6, 6.07) is 8.22. The molecule has 5 heterocycles. The molecule has 0 bridgehead atoms. The molecule has 3 unspecified atom stereocenters. The number of anilines is 1. The van der Waals surface area contributed by atoms with Gasteiger partial charge in [0.05, 0.1) is 25.7 Å². The summed E-state index contributed by atoms with van der Waals surface area (Å²) in [4.78, 5) is 30.1. The summed E-state index contributed by atoms with van der Waals surface area (Å²) in [5, 5.41) is 19.0. The fourth-order valence-corrected chi connectivity index (χ4v) is 7.73. The lowest BCUT2D eigenvalue weighted by molar-refractivity contribution is -0.166. The number of halogens is 3. The van der Waals surface area contributed by atoms with Gasteiger partial charge in [0.2, 0.25) is 5.91 Å². The number of amidine groups is 2. The third kappa shape index (κ3) is 5.80. The summed E-state index contributed by atoms with van der Waals surface area (Å²) in [5.74, 6) is -3.39. The number of carbonyl (C=O) groups excluding carboxylic acids is 1. The van der Waals surface area contributed by atoms with Gasteiger partial charge in [0, 0.05) is 31.7 Å². The Bertz CT molecular complexity index is 1480. The Morgan fingerprint density at radius 1 is 1.21 bits per heavy atom. The maximum Gasteiger partial charge on any atom is 0.282 e. The zero-order valence-electron chi connectivity index (χ0n) is 24.1. The van der Waals surface area contributed by atoms with Crippen LogP contribution >= 0.6 is 23.1 Å². The highest BCUT2D eigenvalue weighted by Crippen LogP contribution is 2.39. The molecule has 0 radical (unpaired) electrons. The van der Waals surface area contributed by atoms with E-state index in [2.05, 4.69) is 17.9 Å². The number of fused-ring (bicyclic) bond motifs is 1. The molecule has 2 aromatic rings. The van der Waals surface area contributed by atoms with Crippen molar-refractivity contribution in [1.82, 2.24) is 24.7 Å². The smallest absolute Gasteiger partial charge is 0.282 e. The number of carbonyl (C=O) groups is 1. The topological polar surface area (TPSA) is 94.7 Å². The molecule has 6 rings (SSSR count). The second-order valence-electron chi connectivity index (χ2n) is 11.3. The van der Waals surface area contributed by atoms with E-state index in [0.717, 1.165) is 36.1 Å². The molecule has 4 aliphatic rings. The fourth-order valence-electron chi connectivity index (χ4n) is 5.84. The average Bonchev–Trinajstić information content (AvgIpc) is 3.68. The fraction of sp³-hybridized carbons (Fsp3) is 0.536. The molecule has 15 heteroatoms. The first-order chi connectivity index (χ1) is 20.6. The Kier molecular flexibility index (Phi) is 8.03. The molecule has 1 amide bonds. The van der Waals surface area contributed by atoms with Crippen molar-refractivity contribution in [3.05, 3.63) is 35.0 Å². The van der Waals surface area contributed by atoms with Gasteiger partial charge < -0.3 is 14.7 Å². The molecule has 0 spiro atoms. The van der Waals surface area contributed by atoms with Gasteiger partial charge in [-0.2, -0.15) is 5.26 Å². The van der Waals surface area contributed by atoms with Crippen molar-refractivity contribution in [3.8, 4) is 17.3 Å². The number of hydrogen-bond acceptors (Lipinski definition) is 11. The number of rotatable bonds is 7. The number of benzene rings is 1. The zero-order chi connectivity index (χ0) is 30.5. The van der Waals surface area contributed by atoms with Crippen LogP contribution in [0.25, 0.3) is 11.3 Å². The van der Waals surface area contributed by atoms with Crippen LogP contribution in [-0.4, -0.2) is 112 Å². The number of likely N-dealkylation sites (N-methyl/N-ethyl adjacent to an activating group) is 2. The summed E-state index contributed by atoms with van der Waals surface area (Å²) in [7, 11) is 3.80. The lowest BCUT2D eigenvalue weighted by atomic mass is 10.0. The number of thiazole rings is 1.